The van der Waals surface area contributed by atoms with E-state index in [0.717, 1.165) is 23.6 Å². The molecule has 0 amide bonds. The lowest BCUT2D eigenvalue weighted by Crippen LogP contribution is -2.07. The van der Waals surface area contributed by atoms with Gasteiger partial charge in [0, 0.05) is 17.1 Å². The number of pyridine rings is 1. The summed E-state index contributed by atoms with van der Waals surface area (Å²) in [5, 5.41) is 1.87. The molecule has 17 heavy (non-hydrogen) atoms. The Labute approximate surface area is 98.0 Å². The summed E-state index contributed by atoms with van der Waals surface area (Å²) in [4.78, 5) is 17.7. The summed E-state index contributed by atoms with van der Waals surface area (Å²) in [6.45, 7) is 0. The molecule has 2 heterocycles. The summed E-state index contributed by atoms with van der Waals surface area (Å²) in [6.07, 6.45) is -2.77. The molecule has 0 fully saturated rings. The first-order valence-corrected chi connectivity index (χ1v) is 5.33. The van der Waals surface area contributed by atoms with Crippen molar-refractivity contribution in [3.05, 3.63) is 34.4 Å². The van der Waals surface area contributed by atoms with Crippen molar-refractivity contribution in [1.82, 2.24) is 9.97 Å². The molecule has 88 valence electrons. The molecule has 0 aliphatic rings. The van der Waals surface area contributed by atoms with E-state index in [9.17, 15) is 18.0 Å². The molecule has 0 bridgehead atoms. The second kappa shape index (κ2) is 4.25. The highest BCUT2D eigenvalue weighted by atomic mass is 32.1. The van der Waals surface area contributed by atoms with Crippen LogP contribution in [0.5, 0.6) is 0 Å². The van der Waals surface area contributed by atoms with Gasteiger partial charge in [0.25, 0.3) is 0 Å². The molecule has 0 saturated heterocycles. The Kier molecular flexibility index (Phi) is 2.93. The lowest BCUT2D eigenvalue weighted by molar-refractivity contribution is -0.141. The second-order valence-electron chi connectivity index (χ2n) is 3.12. The Bertz CT molecular complexity index is 533. The van der Waals surface area contributed by atoms with Gasteiger partial charge in [0.1, 0.15) is 5.69 Å². The number of nitrogens with zero attached hydrogens (tertiary/aromatic N) is 2. The number of halogens is 3. The quantitative estimate of drug-likeness (QED) is 0.777. The SMILES string of the molecule is O=Cc1nc(-c2ccc(C(F)(F)F)nc2)cs1. The lowest BCUT2D eigenvalue weighted by atomic mass is 10.2. The highest BCUT2D eigenvalue weighted by Gasteiger charge is 2.32. The first-order chi connectivity index (χ1) is 8.00. The maximum absolute atomic E-state index is 12.3. The zero-order valence-electron chi connectivity index (χ0n) is 8.23. The van der Waals surface area contributed by atoms with Crippen molar-refractivity contribution in [2.75, 3.05) is 0 Å². The van der Waals surface area contributed by atoms with Gasteiger partial charge in [-0.05, 0) is 12.1 Å². The molecule has 0 unspecified atom stereocenters. The molecule has 2 rings (SSSR count). The summed E-state index contributed by atoms with van der Waals surface area (Å²) in [5.74, 6) is 0. The minimum Gasteiger partial charge on any atom is -0.295 e. The van der Waals surface area contributed by atoms with Gasteiger partial charge in [-0.1, -0.05) is 0 Å². The topological polar surface area (TPSA) is 42.9 Å². The fraction of sp³-hybridized carbons (Fsp3) is 0.100. The normalized spacial score (nSPS) is 11.5. The van der Waals surface area contributed by atoms with E-state index in [4.69, 9.17) is 0 Å². The van der Waals surface area contributed by atoms with E-state index >= 15 is 0 Å². The highest BCUT2D eigenvalue weighted by molar-refractivity contribution is 7.11. The number of rotatable bonds is 2. The number of alkyl halides is 3. The van der Waals surface area contributed by atoms with E-state index in [1.807, 2.05) is 0 Å². The molecular formula is C10H5F3N2OS. The Morgan fingerprint density at radius 3 is 2.53 bits per heavy atom. The van der Waals surface area contributed by atoms with Crippen LogP contribution in [0.1, 0.15) is 15.5 Å². The predicted molar refractivity (Wildman–Crippen MR) is 55.7 cm³/mol. The van der Waals surface area contributed by atoms with Gasteiger partial charge in [0.05, 0.1) is 5.69 Å². The van der Waals surface area contributed by atoms with Crippen molar-refractivity contribution in [2.45, 2.75) is 6.18 Å². The molecular weight excluding hydrogens is 253 g/mol. The Balaban J connectivity index is 2.32. The standard InChI is InChI=1S/C10H5F3N2OS/c11-10(12,13)8-2-1-6(3-14-8)7-5-17-9(4-16)15-7/h1-5H. The zero-order chi connectivity index (χ0) is 12.5. The zero-order valence-corrected chi connectivity index (χ0v) is 9.05. The van der Waals surface area contributed by atoms with E-state index in [-0.39, 0.29) is 5.01 Å². The third kappa shape index (κ3) is 2.50. The van der Waals surface area contributed by atoms with Crippen LogP contribution < -0.4 is 0 Å². The van der Waals surface area contributed by atoms with Gasteiger partial charge >= 0.3 is 6.18 Å². The third-order valence-corrected chi connectivity index (χ3v) is 2.74. The molecule has 3 nitrogen and oxygen atoms in total. The van der Waals surface area contributed by atoms with Crippen molar-refractivity contribution in [3.63, 3.8) is 0 Å². The first kappa shape index (κ1) is 11.7. The number of carbonyl (C=O) groups is 1. The maximum Gasteiger partial charge on any atom is 0.433 e. The van der Waals surface area contributed by atoms with Crippen molar-refractivity contribution in [2.24, 2.45) is 0 Å². The molecule has 0 aromatic carbocycles. The number of aromatic nitrogens is 2. The lowest BCUT2D eigenvalue weighted by Gasteiger charge is -2.05. The third-order valence-electron chi connectivity index (χ3n) is 1.97. The minimum atomic E-state index is -4.45. The van der Waals surface area contributed by atoms with Crippen molar-refractivity contribution >= 4 is 17.6 Å². The molecule has 0 N–H and O–H groups in total. The monoisotopic (exact) mass is 258 g/mol. The van der Waals surface area contributed by atoms with Crippen LogP contribution in [0.15, 0.2) is 23.7 Å². The summed E-state index contributed by atoms with van der Waals surface area (Å²) in [5.41, 5.74) is -0.0623. The number of thiazole rings is 1. The fourth-order valence-corrected chi connectivity index (χ4v) is 1.82. The summed E-state index contributed by atoms with van der Waals surface area (Å²) in [6, 6.07) is 2.16. The van der Waals surface area contributed by atoms with Crippen LogP contribution in [0.3, 0.4) is 0 Å². The number of hydrogen-bond acceptors (Lipinski definition) is 4. The molecule has 0 spiro atoms. The largest absolute Gasteiger partial charge is 0.433 e. The fourth-order valence-electron chi connectivity index (χ4n) is 1.19. The van der Waals surface area contributed by atoms with E-state index in [1.165, 1.54) is 6.07 Å². The van der Waals surface area contributed by atoms with E-state index in [1.54, 1.807) is 5.38 Å². The van der Waals surface area contributed by atoms with Gasteiger partial charge in [-0.3, -0.25) is 9.78 Å². The van der Waals surface area contributed by atoms with E-state index in [0.29, 0.717) is 17.5 Å². The van der Waals surface area contributed by atoms with Crippen LogP contribution >= 0.6 is 11.3 Å². The molecule has 0 atom stereocenters. The van der Waals surface area contributed by atoms with Gasteiger partial charge in [-0.15, -0.1) is 11.3 Å². The van der Waals surface area contributed by atoms with E-state index < -0.39 is 11.9 Å². The van der Waals surface area contributed by atoms with Gasteiger partial charge < -0.3 is 0 Å². The van der Waals surface area contributed by atoms with Crippen LogP contribution in [0.2, 0.25) is 0 Å². The molecule has 7 heteroatoms. The van der Waals surface area contributed by atoms with Gasteiger partial charge in [-0.2, -0.15) is 13.2 Å². The Hall–Kier alpha value is -1.76. The minimum absolute atomic E-state index is 0.278. The average Bonchev–Trinajstić information content (AvgIpc) is 2.76. The van der Waals surface area contributed by atoms with Crippen LogP contribution in [-0.4, -0.2) is 16.3 Å². The number of carbonyl (C=O) groups excluding carboxylic acids is 1. The molecule has 0 radical (unpaired) electrons. The molecule has 0 aliphatic heterocycles. The second-order valence-corrected chi connectivity index (χ2v) is 4.01. The Morgan fingerprint density at radius 1 is 1.29 bits per heavy atom. The smallest absolute Gasteiger partial charge is 0.295 e. The molecule has 0 aliphatic carbocycles. The van der Waals surface area contributed by atoms with Crippen LogP contribution in [0.25, 0.3) is 11.3 Å². The van der Waals surface area contributed by atoms with Crippen LogP contribution in [0.4, 0.5) is 13.2 Å². The number of hydrogen-bond donors (Lipinski definition) is 0. The number of aldehydes is 1. The van der Waals surface area contributed by atoms with Crippen molar-refractivity contribution in [3.8, 4) is 11.3 Å². The highest BCUT2D eigenvalue weighted by Crippen LogP contribution is 2.29. The summed E-state index contributed by atoms with van der Waals surface area (Å²) in [7, 11) is 0. The first-order valence-electron chi connectivity index (χ1n) is 4.45. The van der Waals surface area contributed by atoms with Crippen LogP contribution in [0, 0.1) is 0 Å². The van der Waals surface area contributed by atoms with E-state index in [2.05, 4.69) is 9.97 Å². The molecule has 0 saturated carbocycles. The van der Waals surface area contributed by atoms with Gasteiger partial charge in [0.2, 0.25) is 0 Å². The van der Waals surface area contributed by atoms with Crippen LogP contribution in [-0.2, 0) is 6.18 Å². The van der Waals surface area contributed by atoms with Gasteiger partial charge in [0.15, 0.2) is 11.3 Å². The average molecular weight is 258 g/mol. The molecule has 2 aromatic rings. The maximum atomic E-state index is 12.3. The Morgan fingerprint density at radius 2 is 2.06 bits per heavy atom. The van der Waals surface area contributed by atoms with Gasteiger partial charge in [-0.25, -0.2) is 4.98 Å². The summed E-state index contributed by atoms with van der Waals surface area (Å²) < 4.78 is 36.8. The van der Waals surface area contributed by atoms with Crippen molar-refractivity contribution in [1.29, 1.82) is 0 Å². The summed E-state index contributed by atoms with van der Waals surface area (Å²) >= 11 is 1.12. The predicted octanol–water partition coefficient (Wildman–Crippen LogP) is 3.04. The van der Waals surface area contributed by atoms with Crippen molar-refractivity contribution < 1.29 is 18.0 Å². The molecule has 2 aromatic heterocycles.